The van der Waals surface area contributed by atoms with E-state index in [-0.39, 0.29) is 12.5 Å². The van der Waals surface area contributed by atoms with E-state index in [1.165, 1.54) is 0 Å². The van der Waals surface area contributed by atoms with Gasteiger partial charge in [0.25, 0.3) is 0 Å². The largest absolute Gasteiger partial charge is 0.479 e. The van der Waals surface area contributed by atoms with Gasteiger partial charge in [0, 0.05) is 11.8 Å². The molecule has 0 saturated heterocycles. The molecule has 1 rings (SSSR count). The van der Waals surface area contributed by atoms with E-state index in [2.05, 4.69) is 10.6 Å². The summed E-state index contributed by atoms with van der Waals surface area (Å²) in [6, 6.07) is 8.83. The van der Waals surface area contributed by atoms with E-state index in [9.17, 15) is 4.79 Å². The molecule has 5 heteroatoms. The Morgan fingerprint density at radius 3 is 2.83 bits per heavy atom. The van der Waals surface area contributed by atoms with Crippen molar-refractivity contribution in [2.75, 3.05) is 19.0 Å². The Bertz CT molecular complexity index is 464. The number of nitrogens with zero attached hydrogens (tertiary/aromatic N) is 1. The number of hydrogen-bond acceptors (Lipinski definition) is 4. The van der Waals surface area contributed by atoms with Crippen LogP contribution in [0.15, 0.2) is 24.3 Å². The van der Waals surface area contributed by atoms with Crippen molar-refractivity contribution in [3.63, 3.8) is 0 Å². The lowest BCUT2D eigenvalue weighted by atomic mass is 10.1. The summed E-state index contributed by atoms with van der Waals surface area (Å²) in [5, 5.41) is 14.1. The monoisotopic (exact) mass is 247 g/mol. The van der Waals surface area contributed by atoms with E-state index >= 15 is 0 Å². The summed E-state index contributed by atoms with van der Waals surface area (Å²) in [6.45, 7) is 3.57. The normalized spacial score (nSPS) is 10.6. The second-order valence-corrected chi connectivity index (χ2v) is 4.30. The lowest BCUT2D eigenvalue weighted by Crippen LogP contribution is -2.47. The summed E-state index contributed by atoms with van der Waals surface area (Å²) in [5.74, 6) is 0.416. The van der Waals surface area contributed by atoms with Crippen molar-refractivity contribution >= 4 is 11.6 Å². The Balaban J connectivity index is 2.74. The molecule has 0 saturated carbocycles. The van der Waals surface area contributed by atoms with Gasteiger partial charge in [0.2, 0.25) is 5.91 Å². The topological polar surface area (TPSA) is 74.2 Å². The maximum Gasteiger partial charge on any atom is 0.244 e. The quantitative estimate of drug-likeness (QED) is 0.827. The Morgan fingerprint density at radius 2 is 2.22 bits per heavy atom. The highest BCUT2D eigenvalue weighted by atomic mass is 16.5. The number of nitriles is 1. The second-order valence-electron chi connectivity index (χ2n) is 4.30. The molecule has 0 aliphatic heterocycles. The van der Waals surface area contributed by atoms with Gasteiger partial charge in [-0.25, -0.2) is 0 Å². The van der Waals surface area contributed by atoms with Gasteiger partial charge in [-0.2, -0.15) is 5.26 Å². The van der Waals surface area contributed by atoms with Crippen molar-refractivity contribution in [1.82, 2.24) is 5.32 Å². The zero-order chi connectivity index (χ0) is 13.6. The van der Waals surface area contributed by atoms with Crippen LogP contribution in [0.3, 0.4) is 0 Å². The molecule has 0 bridgehead atoms. The van der Waals surface area contributed by atoms with Crippen molar-refractivity contribution < 1.29 is 9.53 Å². The summed E-state index contributed by atoms with van der Waals surface area (Å²) in [4.78, 5) is 11.9. The zero-order valence-electron chi connectivity index (χ0n) is 10.8. The number of carbonyl (C=O) groups is 1. The average Bonchev–Trinajstić information content (AvgIpc) is 2.36. The molecule has 1 amide bonds. The Morgan fingerprint density at radius 1 is 1.50 bits per heavy atom. The van der Waals surface area contributed by atoms with Crippen molar-refractivity contribution in [3.05, 3.63) is 24.3 Å². The van der Waals surface area contributed by atoms with Crippen molar-refractivity contribution in [1.29, 1.82) is 5.26 Å². The van der Waals surface area contributed by atoms with Crippen LogP contribution in [0.25, 0.3) is 0 Å². The van der Waals surface area contributed by atoms with Crippen LogP contribution >= 0.6 is 0 Å². The van der Waals surface area contributed by atoms with Gasteiger partial charge in [-0.3, -0.25) is 4.79 Å². The highest BCUT2D eigenvalue weighted by Crippen LogP contribution is 2.18. The summed E-state index contributed by atoms with van der Waals surface area (Å²) >= 11 is 0. The van der Waals surface area contributed by atoms with E-state index in [0.717, 1.165) is 0 Å². The molecule has 0 heterocycles. The molecular formula is C13H17N3O2. The molecule has 0 aliphatic carbocycles. The molecule has 5 nitrogen and oxygen atoms in total. The number of hydrogen-bond donors (Lipinski definition) is 2. The smallest absolute Gasteiger partial charge is 0.244 e. The van der Waals surface area contributed by atoms with Crippen molar-refractivity contribution in [3.8, 4) is 11.8 Å². The molecule has 0 spiro atoms. The van der Waals surface area contributed by atoms with E-state index in [1.807, 2.05) is 6.07 Å². The Kier molecular flexibility index (Phi) is 4.69. The predicted molar refractivity (Wildman–Crippen MR) is 69.3 cm³/mol. The molecule has 2 N–H and O–H groups in total. The van der Waals surface area contributed by atoms with Gasteiger partial charge in [-0.15, -0.1) is 0 Å². The Labute approximate surface area is 107 Å². The minimum atomic E-state index is -0.649. The SMILES string of the molecule is CNC(C)(C)C(=O)Nc1cccc(OCC#N)c1. The number of benzene rings is 1. The molecule has 1 aromatic carbocycles. The number of anilines is 1. The number of carbonyl (C=O) groups excluding carboxylic acids is 1. The fraction of sp³-hybridized carbons (Fsp3) is 0.385. The number of nitrogens with one attached hydrogen (secondary N) is 2. The van der Waals surface area contributed by atoms with Crippen LogP contribution in [0.2, 0.25) is 0 Å². The summed E-state index contributed by atoms with van der Waals surface area (Å²) < 4.78 is 5.16. The summed E-state index contributed by atoms with van der Waals surface area (Å²) in [6.07, 6.45) is 0. The first-order chi connectivity index (χ1) is 8.49. The maximum absolute atomic E-state index is 11.9. The molecule has 0 fully saturated rings. The van der Waals surface area contributed by atoms with Crippen LogP contribution in [0.4, 0.5) is 5.69 Å². The molecule has 18 heavy (non-hydrogen) atoms. The highest BCUT2D eigenvalue weighted by molar-refractivity contribution is 5.97. The van der Waals surface area contributed by atoms with E-state index in [0.29, 0.717) is 11.4 Å². The molecule has 0 aliphatic rings. The Hall–Kier alpha value is -2.06. The number of likely N-dealkylation sites (N-methyl/N-ethyl adjacent to an activating group) is 1. The first-order valence-corrected chi connectivity index (χ1v) is 5.60. The number of ether oxygens (including phenoxy) is 1. The third-order valence-corrected chi connectivity index (χ3v) is 2.59. The van der Waals surface area contributed by atoms with Crippen LogP contribution in [0, 0.1) is 11.3 Å². The van der Waals surface area contributed by atoms with Gasteiger partial charge in [0.05, 0.1) is 5.54 Å². The third kappa shape index (κ3) is 3.75. The summed E-state index contributed by atoms with van der Waals surface area (Å²) in [7, 11) is 1.73. The van der Waals surface area contributed by atoms with Gasteiger partial charge in [-0.05, 0) is 33.0 Å². The van der Waals surface area contributed by atoms with Crippen LogP contribution < -0.4 is 15.4 Å². The zero-order valence-corrected chi connectivity index (χ0v) is 10.8. The molecule has 0 unspecified atom stereocenters. The van der Waals surface area contributed by atoms with Gasteiger partial charge < -0.3 is 15.4 Å². The van der Waals surface area contributed by atoms with Crippen LogP contribution in [0.5, 0.6) is 5.75 Å². The van der Waals surface area contributed by atoms with Gasteiger partial charge in [0.15, 0.2) is 6.61 Å². The maximum atomic E-state index is 11.9. The third-order valence-electron chi connectivity index (χ3n) is 2.59. The molecule has 96 valence electrons. The van der Waals surface area contributed by atoms with Crippen molar-refractivity contribution in [2.45, 2.75) is 19.4 Å². The summed E-state index contributed by atoms with van der Waals surface area (Å²) in [5.41, 5.74) is -0.0115. The fourth-order valence-corrected chi connectivity index (χ4v) is 1.18. The first kappa shape index (κ1) is 14.0. The molecule has 1 aromatic rings. The van der Waals surface area contributed by atoms with Crippen LogP contribution in [-0.2, 0) is 4.79 Å². The fourth-order valence-electron chi connectivity index (χ4n) is 1.18. The van der Waals surface area contributed by atoms with Gasteiger partial charge >= 0.3 is 0 Å². The number of rotatable bonds is 5. The lowest BCUT2D eigenvalue weighted by Gasteiger charge is -2.22. The average molecular weight is 247 g/mol. The molecule has 0 radical (unpaired) electrons. The van der Waals surface area contributed by atoms with Crippen LogP contribution in [-0.4, -0.2) is 25.1 Å². The van der Waals surface area contributed by atoms with E-state index in [4.69, 9.17) is 10.00 Å². The van der Waals surface area contributed by atoms with Gasteiger partial charge in [0.1, 0.15) is 11.8 Å². The second kappa shape index (κ2) is 6.03. The van der Waals surface area contributed by atoms with Crippen LogP contribution in [0.1, 0.15) is 13.8 Å². The standard InChI is InChI=1S/C13H17N3O2/c1-13(2,15-3)12(17)16-10-5-4-6-11(9-10)18-8-7-14/h4-6,9,15H,8H2,1-3H3,(H,16,17). The predicted octanol–water partition coefficient (Wildman–Crippen LogP) is 1.53. The van der Waals surface area contributed by atoms with E-state index < -0.39 is 5.54 Å². The van der Waals surface area contributed by atoms with Gasteiger partial charge in [-0.1, -0.05) is 6.07 Å². The molecule has 0 aromatic heterocycles. The minimum Gasteiger partial charge on any atom is -0.479 e. The minimum absolute atomic E-state index is 0.0145. The number of amides is 1. The first-order valence-electron chi connectivity index (χ1n) is 5.60. The van der Waals surface area contributed by atoms with E-state index in [1.54, 1.807) is 45.2 Å². The molecular weight excluding hydrogens is 230 g/mol. The molecule has 0 atom stereocenters. The lowest BCUT2D eigenvalue weighted by molar-refractivity contribution is -0.121. The highest BCUT2D eigenvalue weighted by Gasteiger charge is 2.25. The van der Waals surface area contributed by atoms with Crippen molar-refractivity contribution in [2.24, 2.45) is 0 Å².